The van der Waals surface area contributed by atoms with Gasteiger partial charge in [-0.1, -0.05) is 36.4 Å². The van der Waals surface area contributed by atoms with Gasteiger partial charge in [0, 0.05) is 36.0 Å². The molecule has 0 aliphatic carbocycles. The van der Waals surface area contributed by atoms with Gasteiger partial charge in [-0.2, -0.15) is 0 Å². The first kappa shape index (κ1) is 19.8. The second kappa shape index (κ2) is 8.19. The lowest BCUT2D eigenvalue weighted by molar-refractivity contribution is -0.660. The SMILES string of the molecule is Cc1c[n+](C)c(-c2ccccc2C)cc1-c1ccc2cc(N3CCCCC3)ccc2c1. The van der Waals surface area contributed by atoms with E-state index >= 15 is 0 Å². The predicted molar refractivity (Wildman–Crippen MR) is 132 cm³/mol. The Kier molecular flexibility index (Phi) is 5.23. The van der Waals surface area contributed by atoms with Gasteiger partial charge in [-0.15, -0.1) is 0 Å². The van der Waals surface area contributed by atoms with Crippen LogP contribution in [0.2, 0.25) is 0 Å². The number of aryl methyl sites for hydroxylation is 3. The van der Waals surface area contributed by atoms with Crippen molar-refractivity contribution < 1.29 is 4.57 Å². The zero-order chi connectivity index (χ0) is 21.4. The van der Waals surface area contributed by atoms with E-state index in [0.717, 1.165) is 0 Å². The Morgan fingerprint density at radius 2 is 1.45 bits per heavy atom. The van der Waals surface area contributed by atoms with Crippen LogP contribution in [0.4, 0.5) is 5.69 Å². The number of anilines is 1. The third kappa shape index (κ3) is 3.83. The van der Waals surface area contributed by atoms with Crippen molar-refractivity contribution in [3.63, 3.8) is 0 Å². The average molecular weight is 408 g/mol. The van der Waals surface area contributed by atoms with Gasteiger partial charge < -0.3 is 4.90 Å². The molecule has 3 aromatic carbocycles. The van der Waals surface area contributed by atoms with Gasteiger partial charge in [0.1, 0.15) is 7.05 Å². The van der Waals surface area contributed by atoms with Crippen molar-refractivity contribution in [2.75, 3.05) is 18.0 Å². The molecule has 2 heteroatoms. The number of benzene rings is 3. The minimum atomic E-state index is 1.19. The molecule has 1 aliphatic heterocycles. The number of nitrogens with zero attached hydrogens (tertiary/aromatic N) is 2. The van der Waals surface area contributed by atoms with E-state index in [4.69, 9.17) is 0 Å². The lowest BCUT2D eigenvalue weighted by Crippen LogP contribution is -2.31. The van der Waals surface area contributed by atoms with Gasteiger partial charge in [-0.05, 0) is 84.8 Å². The van der Waals surface area contributed by atoms with Crippen LogP contribution in [0.1, 0.15) is 30.4 Å². The number of hydrogen-bond acceptors (Lipinski definition) is 1. The van der Waals surface area contributed by atoms with Crippen LogP contribution in [0.25, 0.3) is 33.2 Å². The number of fused-ring (bicyclic) bond motifs is 1. The number of pyridine rings is 1. The lowest BCUT2D eigenvalue weighted by atomic mass is 9.95. The first-order valence-electron chi connectivity index (χ1n) is 11.5. The van der Waals surface area contributed by atoms with Gasteiger partial charge in [0.15, 0.2) is 6.20 Å². The van der Waals surface area contributed by atoms with Crippen LogP contribution in [0.5, 0.6) is 0 Å². The molecule has 0 unspecified atom stereocenters. The van der Waals surface area contributed by atoms with E-state index in [1.165, 1.54) is 82.3 Å². The quantitative estimate of drug-likeness (QED) is 0.347. The minimum Gasteiger partial charge on any atom is -0.372 e. The number of hydrogen-bond donors (Lipinski definition) is 0. The van der Waals surface area contributed by atoms with E-state index in [9.17, 15) is 0 Å². The van der Waals surface area contributed by atoms with Crippen LogP contribution in [0, 0.1) is 13.8 Å². The topological polar surface area (TPSA) is 7.12 Å². The van der Waals surface area contributed by atoms with E-state index < -0.39 is 0 Å². The maximum absolute atomic E-state index is 2.53. The summed E-state index contributed by atoms with van der Waals surface area (Å²) in [6.45, 7) is 6.77. The third-order valence-corrected chi connectivity index (χ3v) is 6.75. The summed E-state index contributed by atoms with van der Waals surface area (Å²) in [5, 5.41) is 2.63. The highest BCUT2D eigenvalue weighted by Gasteiger charge is 2.17. The van der Waals surface area contributed by atoms with Crippen molar-refractivity contribution in [2.45, 2.75) is 33.1 Å². The van der Waals surface area contributed by atoms with Crippen molar-refractivity contribution in [1.82, 2.24) is 0 Å². The molecule has 0 atom stereocenters. The predicted octanol–water partition coefficient (Wildman–Crippen LogP) is 6.61. The molecule has 31 heavy (non-hydrogen) atoms. The molecule has 0 amide bonds. The summed E-state index contributed by atoms with van der Waals surface area (Å²) in [7, 11) is 2.14. The van der Waals surface area contributed by atoms with Crippen molar-refractivity contribution >= 4 is 16.5 Å². The summed E-state index contributed by atoms with van der Waals surface area (Å²) in [6, 6.07) is 24.9. The van der Waals surface area contributed by atoms with Crippen LogP contribution in [-0.4, -0.2) is 13.1 Å². The largest absolute Gasteiger partial charge is 0.372 e. The van der Waals surface area contributed by atoms with Crippen LogP contribution in [0.15, 0.2) is 72.9 Å². The normalized spacial score (nSPS) is 14.2. The molecule has 0 radical (unpaired) electrons. The second-order valence-electron chi connectivity index (χ2n) is 8.98. The molecule has 156 valence electrons. The van der Waals surface area contributed by atoms with Gasteiger partial charge in [0.2, 0.25) is 5.69 Å². The molecule has 0 spiro atoms. The Balaban J connectivity index is 1.56. The van der Waals surface area contributed by atoms with Crippen molar-refractivity contribution in [3.8, 4) is 22.4 Å². The van der Waals surface area contributed by atoms with Gasteiger partial charge in [-0.25, -0.2) is 4.57 Å². The maximum Gasteiger partial charge on any atom is 0.213 e. The third-order valence-electron chi connectivity index (χ3n) is 6.75. The van der Waals surface area contributed by atoms with Crippen molar-refractivity contribution in [2.24, 2.45) is 7.05 Å². The second-order valence-corrected chi connectivity index (χ2v) is 8.98. The highest BCUT2D eigenvalue weighted by atomic mass is 15.1. The Labute approximate surface area is 185 Å². The molecular formula is C29H31N2+. The standard InChI is InChI=1S/C29H31N2/c1-21-9-5-6-10-27(21)29-19-28(22(2)20-30(29)3)25-12-11-24-18-26(14-13-23(24)17-25)31-15-7-4-8-16-31/h5-6,9-14,17-20H,4,7-8,15-16H2,1-3H3/q+1. The van der Waals surface area contributed by atoms with Gasteiger partial charge >= 0.3 is 0 Å². The zero-order valence-electron chi connectivity index (χ0n) is 18.9. The Hall–Kier alpha value is -3.13. The highest BCUT2D eigenvalue weighted by Crippen LogP contribution is 2.32. The molecular weight excluding hydrogens is 376 g/mol. The van der Waals surface area contributed by atoms with Gasteiger partial charge in [0.25, 0.3) is 0 Å². The molecule has 4 aromatic rings. The summed E-state index contributed by atoms with van der Waals surface area (Å²) < 4.78 is 2.24. The van der Waals surface area contributed by atoms with Crippen LogP contribution in [-0.2, 0) is 7.05 Å². The average Bonchev–Trinajstić information content (AvgIpc) is 2.80. The molecule has 0 saturated carbocycles. The molecule has 1 saturated heterocycles. The first-order chi connectivity index (χ1) is 15.1. The summed E-state index contributed by atoms with van der Waals surface area (Å²) in [6.07, 6.45) is 6.24. The van der Waals surface area contributed by atoms with Gasteiger partial charge in [-0.3, -0.25) is 0 Å². The Bertz CT molecular complexity index is 1250. The van der Waals surface area contributed by atoms with Crippen LogP contribution >= 0.6 is 0 Å². The summed E-state index contributed by atoms with van der Waals surface area (Å²) in [4.78, 5) is 2.53. The molecule has 1 fully saturated rings. The highest BCUT2D eigenvalue weighted by molar-refractivity contribution is 5.90. The summed E-state index contributed by atoms with van der Waals surface area (Å²) in [5.41, 5.74) is 9.09. The fourth-order valence-corrected chi connectivity index (χ4v) is 4.97. The minimum absolute atomic E-state index is 1.19. The monoisotopic (exact) mass is 407 g/mol. The number of piperidine rings is 1. The molecule has 0 N–H and O–H groups in total. The number of rotatable bonds is 3. The van der Waals surface area contributed by atoms with Crippen LogP contribution < -0.4 is 9.47 Å². The number of aromatic nitrogens is 1. The smallest absolute Gasteiger partial charge is 0.213 e. The Morgan fingerprint density at radius 3 is 2.26 bits per heavy atom. The van der Waals surface area contributed by atoms with Crippen molar-refractivity contribution in [1.29, 1.82) is 0 Å². The Morgan fingerprint density at radius 1 is 0.710 bits per heavy atom. The van der Waals surface area contributed by atoms with E-state index in [1.54, 1.807) is 0 Å². The molecule has 1 aromatic heterocycles. The van der Waals surface area contributed by atoms with E-state index in [1.807, 2.05) is 0 Å². The van der Waals surface area contributed by atoms with Gasteiger partial charge in [0.05, 0.1) is 0 Å². The zero-order valence-corrected chi connectivity index (χ0v) is 18.9. The lowest BCUT2D eigenvalue weighted by Gasteiger charge is -2.29. The molecule has 0 bridgehead atoms. The fourth-order valence-electron chi connectivity index (χ4n) is 4.97. The van der Waals surface area contributed by atoms with Crippen LogP contribution in [0.3, 0.4) is 0 Å². The molecule has 2 heterocycles. The molecule has 1 aliphatic rings. The summed E-state index contributed by atoms with van der Waals surface area (Å²) >= 11 is 0. The molecule has 2 nitrogen and oxygen atoms in total. The maximum atomic E-state index is 2.53. The molecule has 5 rings (SSSR count). The van der Waals surface area contributed by atoms with E-state index in [0.29, 0.717) is 0 Å². The van der Waals surface area contributed by atoms with Crippen molar-refractivity contribution in [3.05, 3.63) is 84.1 Å². The summed E-state index contributed by atoms with van der Waals surface area (Å²) in [5.74, 6) is 0. The van der Waals surface area contributed by atoms with E-state index in [2.05, 4.69) is 103 Å². The fraction of sp³-hybridized carbons (Fsp3) is 0.276. The first-order valence-corrected chi connectivity index (χ1v) is 11.5. The van der Waals surface area contributed by atoms with E-state index in [-0.39, 0.29) is 0 Å².